The molecule has 0 saturated carbocycles. The van der Waals surface area contributed by atoms with Gasteiger partial charge in [0.15, 0.2) is 0 Å². The van der Waals surface area contributed by atoms with Crippen LogP contribution in [0, 0.1) is 0 Å². The quantitative estimate of drug-likeness (QED) is 0.569. The van der Waals surface area contributed by atoms with Gasteiger partial charge in [0, 0.05) is 31.1 Å². The molecule has 0 aromatic heterocycles. The van der Waals surface area contributed by atoms with Crippen LogP contribution >= 0.6 is 11.6 Å². The lowest BCUT2D eigenvalue weighted by Crippen LogP contribution is -2.27. The summed E-state index contributed by atoms with van der Waals surface area (Å²) >= 11 is 6.13. The number of halogens is 1. The van der Waals surface area contributed by atoms with Crippen molar-refractivity contribution in [2.75, 3.05) is 17.2 Å². The highest BCUT2D eigenvalue weighted by Gasteiger charge is 2.10. The Morgan fingerprint density at radius 2 is 1.66 bits per heavy atom. The smallest absolute Gasteiger partial charge is 0.251 e. The minimum atomic E-state index is -0.280. The van der Waals surface area contributed by atoms with E-state index in [1.54, 1.807) is 24.3 Å². The summed E-state index contributed by atoms with van der Waals surface area (Å²) < 4.78 is 0. The number of rotatable bonds is 6. The van der Waals surface area contributed by atoms with Gasteiger partial charge >= 0.3 is 0 Å². The van der Waals surface area contributed by atoms with E-state index in [1.165, 1.54) is 6.92 Å². The van der Waals surface area contributed by atoms with Gasteiger partial charge in [0.1, 0.15) is 0 Å². The predicted octanol–water partition coefficient (Wildman–Crippen LogP) is 4.21. The molecule has 0 aliphatic heterocycles. The Kier molecular flexibility index (Phi) is 6.46. The first-order valence-corrected chi connectivity index (χ1v) is 9.44. The fraction of sp³-hybridized carbons (Fsp3) is 0.136. The second kappa shape index (κ2) is 9.21. The number of nitrogens with one attached hydrogen (secondary N) is 3. The third kappa shape index (κ3) is 5.56. The van der Waals surface area contributed by atoms with Gasteiger partial charge in [-0.1, -0.05) is 41.9 Å². The molecule has 0 spiro atoms. The first kappa shape index (κ1) is 20.4. The first-order chi connectivity index (χ1) is 13.9. The van der Waals surface area contributed by atoms with Crippen LogP contribution in [0.4, 0.5) is 11.4 Å². The second-order valence-corrected chi connectivity index (χ2v) is 6.90. The maximum Gasteiger partial charge on any atom is 0.251 e. The Labute approximate surface area is 173 Å². The Morgan fingerprint density at radius 1 is 0.897 bits per heavy atom. The van der Waals surface area contributed by atoms with Crippen LogP contribution < -0.4 is 16.0 Å². The van der Waals surface area contributed by atoms with Gasteiger partial charge < -0.3 is 16.0 Å². The highest BCUT2D eigenvalue weighted by molar-refractivity contribution is 6.34. The van der Waals surface area contributed by atoms with Gasteiger partial charge in [0.2, 0.25) is 11.8 Å². The molecule has 3 rings (SSSR count). The number of carbonyl (C=O) groups is 3. The van der Waals surface area contributed by atoms with Crippen LogP contribution in [-0.4, -0.2) is 24.3 Å². The van der Waals surface area contributed by atoms with Gasteiger partial charge in [-0.15, -0.1) is 0 Å². The van der Waals surface area contributed by atoms with Crippen molar-refractivity contribution in [3.8, 4) is 0 Å². The van der Waals surface area contributed by atoms with E-state index in [4.69, 9.17) is 11.6 Å². The number of anilines is 2. The molecule has 3 N–H and O–H groups in total. The molecular formula is C22H20ClN3O3. The van der Waals surface area contributed by atoms with Crippen molar-refractivity contribution >= 4 is 51.5 Å². The van der Waals surface area contributed by atoms with Crippen LogP contribution in [0.25, 0.3) is 10.8 Å². The maximum atomic E-state index is 12.3. The first-order valence-electron chi connectivity index (χ1n) is 9.06. The fourth-order valence-electron chi connectivity index (χ4n) is 2.83. The molecule has 0 saturated heterocycles. The summed E-state index contributed by atoms with van der Waals surface area (Å²) in [5.74, 6) is -0.723. The number of amides is 3. The van der Waals surface area contributed by atoms with E-state index in [0.29, 0.717) is 22.0 Å². The lowest BCUT2D eigenvalue weighted by molar-refractivity contribution is -0.116. The maximum absolute atomic E-state index is 12.3. The van der Waals surface area contributed by atoms with Gasteiger partial charge in [0.25, 0.3) is 5.91 Å². The van der Waals surface area contributed by atoms with Crippen LogP contribution in [0.3, 0.4) is 0 Å². The SMILES string of the molecule is CC(=O)Nc1ccc(NC(=O)CCNC(=O)c2ccc3ccccc3c2)c(Cl)c1. The van der Waals surface area contributed by atoms with Crippen molar-refractivity contribution in [2.24, 2.45) is 0 Å². The van der Waals surface area contributed by atoms with Crippen molar-refractivity contribution in [3.05, 3.63) is 71.2 Å². The molecule has 0 unspecified atom stereocenters. The topological polar surface area (TPSA) is 87.3 Å². The van der Waals surface area contributed by atoms with Crippen molar-refractivity contribution < 1.29 is 14.4 Å². The van der Waals surface area contributed by atoms with E-state index < -0.39 is 0 Å². The highest BCUT2D eigenvalue weighted by Crippen LogP contribution is 2.25. The van der Waals surface area contributed by atoms with Crippen LogP contribution in [0.15, 0.2) is 60.7 Å². The van der Waals surface area contributed by atoms with E-state index in [-0.39, 0.29) is 30.7 Å². The van der Waals surface area contributed by atoms with Gasteiger partial charge in [0.05, 0.1) is 10.7 Å². The molecule has 6 nitrogen and oxygen atoms in total. The molecule has 29 heavy (non-hydrogen) atoms. The summed E-state index contributed by atoms with van der Waals surface area (Å²) in [5.41, 5.74) is 1.52. The van der Waals surface area contributed by atoms with E-state index in [1.807, 2.05) is 36.4 Å². The second-order valence-electron chi connectivity index (χ2n) is 6.49. The van der Waals surface area contributed by atoms with Crippen LogP contribution in [0.5, 0.6) is 0 Å². The van der Waals surface area contributed by atoms with E-state index in [0.717, 1.165) is 10.8 Å². The molecule has 0 heterocycles. The third-order valence-corrected chi connectivity index (χ3v) is 4.53. The summed E-state index contributed by atoms with van der Waals surface area (Å²) in [4.78, 5) is 35.5. The monoisotopic (exact) mass is 409 g/mol. The van der Waals surface area contributed by atoms with Crippen LogP contribution in [0.2, 0.25) is 5.02 Å². The van der Waals surface area contributed by atoms with E-state index in [9.17, 15) is 14.4 Å². The average Bonchev–Trinajstić information content (AvgIpc) is 2.69. The Bertz CT molecular complexity index is 1080. The van der Waals surface area contributed by atoms with Crippen LogP contribution in [0.1, 0.15) is 23.7 Å². The van der Waals surface area contributed by atoms with Gasteiger partial charge in [-0.25, -0.2) is 0 Å². The molecule has 3 aromatic carbocycles. The number of fused-ring (bicyclic) bond motifs is 1. The zero-order valence-electron chi connectivity index (χ0n) is 15.8. The number of hydrogen-bond donors (Lipinski definition) is 3. The molecule has 0 bridgehead atoms. The minimum Gasteiger partial charge on any atom is -0.352 e. The number of carbonyl (C=O) groups excluding carboxylic acids is 3. The summed E-state index contributed by atoms with van der Waals surface area (Å²) in [6, 6.07) is 18.1. The normalized spacial score (nSPS) is 10.4. The molecule has 0 radical (unpaired) electrons. The van der Waals surface area contributed by atoms with Crippen molar-refractivity contribution in [1.82, 2.24) is 5.32 Å². The fourth-order valence-corrected chi connectivity index (χ4v) is 3.06. The Morgan fingerprint density at radius 3 is 2.38 bits per heavy atom. The average molecular weight is 410 g/mol. The summed E-state index contributed by atoms with van der Waals surface area (Å²) in [7, 11) is 0. The highest BCUT2D eigenvalue weighted by atomic mass is 35.5. The number of benzene rings is 3. The molecule has 0 aliphatic rings. The van der Waals surface area contributed by atoms with E-state index >= 15 is 0 Å². The van der Waals surface area contributed by atoms with E-state index in [2.05, 4.69) is 16.0 Å². The van der Waals surface area contributed by atoms with Crippen LogP contribution in [-0.2, 0) is 9.59 Å². The minimum absolute atomic E-state index is 0.100. The molecule has 3 amide bonds. The summed E-state index contributed by atoms with van der Waals surface area (Å²) in [5, 5.41) is 10.4. The molecular weight excluding hydrogens is 390 g/mol. The van der Waals surface area contributed by atoms with Gasteiger partial charge in [-0.3, -0.25) is 14.4 Å². The largest absolute Gasteiger partial charge is 0.352 e. The van der Waals surface area contributed by atoms with Crippen molar-refractivity contribution in [2.45, 2.75) is 13.3 Å². The molecule has 0 aliphatic carbocycles. The lowest BCUT2D eigenvalue weighted by Gasteiger charge is -2.10. The standard InChI is InChI=1S/C22H20ClN3O3/c1-14(27)25-18-8-9-20(19(23)13-18)26-21(28)10-11-24-22(29)17-7-6-15-4-2-3-5-16(15)12-17/h2-9,12-13H,10-11H2,1H3,(H,24,29)(H,25,27)(H,26,28). The lowest BCUT2D eigenvalue weighted by atomic mass is 10.1. The van der Waals surface area contributed by atoms with Gasteiger partial charge in [-0.2, -0.15) is 0 Å². The molecule has 0 fully saturated rings. The van der Waals surface area contributed by atoms with Crippen molar-refractivity contribution in [3.63, 3.8) is 0 Å². The number of hydrogen-bond acceptors (Lipinski definition) is 3. The third-order valence-electron chi connectivity index (χ3n) is 4.21. The molecule has 0 atom stereocenters. The zero-order chi connectivity index (χ0) is 20.8. The Balaban J connectivity index is 1.51. The predicted molar refractivity (Wildman–Crippen MR) is 115 cm³/mol. The summed E-state index contributed by atoms with van der Waals surface area (Å²) in [6.45, 7) is 1.59. The summed E-state index contributed by atoms with van der Waals surface area (Å²) in [6.07, 6.45) is 0.100. The Hall–Kier alpha value is -3.38. The molecule has 148 valence electrons. The zero-order valence-corrected chi connectivity index (χ0v) is 16.5. The molecule has 7 heteroatoms. The molecule has 3 aromatic rings. The van der Waals surface area contributed by atoms with Gasteiger partial charge in [-0.05, 0) is 41.1 Å². The van der Waals surface area contributed by atoms with Crippen molar-refractivity contribution in [1.29, 1.82) is 0 Å².